The summed E-state index contributed by atoms with van der Waals surface area (Å²) in [6.45, 7) is 1.31. The maximum Gasteiger partial charge on any atom is 0.238 e. The molecule has 2 heterocycles. The van der Waals surface area contributed by atoms with Gasteiger partial charge in [0, 0.05) is 15.9 Å². The van der Waals surface area contributed by atoms with Crippen molar-refractivity contribution in [2.75, 3.05) is 18.4 Å². The number of carbonyl (C=O) groups is 1. The van der Waals surface area contributed by atoms with Gasteiger partial charge in [0.1, 0.15) is 0 Å². The number of likely N-dealkylation sites (tertiary alicyclic amines) is 1. The van der Waals surface area contributed by atoms with Crippen molar-refractivity contribution in [1.29, 1.82) is 0 Å². The normalized spacial score (nSPS) is 18.5. The Hall–Kier alpha value is -1.07. The molecule has 3 nitrogen and oxygen atoms in total. The molecule has 0 radical (unpaired) electrons. The van der Waals surface area contributed by atoms with Crippen molar-refractivity contribution in [3.63, 3.8) is 0 Å². The van der Waals surface area contributed by atoms with E-state index in [1.807, 2.05) is 0 Å². The molecule has 0 unspecified atom stereocenters. The minimum absolute atomic E-state index is 0.0624. The van der Waals surface area contributed by atoms with Crippen LogP contribution in [0.1, 0.15) is 23.8 Å². The molecule has 3 rings (SSSR count). The summed E-state index contributed by atoms with van der Waals surface area (Å²) in [6, 6.07) is 9.60. The van der Waals surface area contributed by atoms with Crippen LogP contribution >= 0.6 is 34.5 Å². The van der Waals surface area contributed by atoms with Crippen LogP contribution in [-0.4, -0.2) is 23.9 Å². The zero-order chi connectivity index (χ0) is 15.5. The van der Waals surface area contributed by atoms with Gasteiger partial charge in [0.25, 0.3) is 0 Å². The largest absolute Gasteiger partial charge is 0.324 e. The van der Waals surface area contributed by atoms with E-state index < -0.39 is 0 Å². The van der Waals surface area contributed by atoms with Crippen LogP contribution in [0.15, 0.2) is 35.7 Å². The zero-order valence-corrected chi connectivity index (χ0v) is 14.2. The Balaban J connectivity index is 1.65. The number of hydrogen-bond donors (Lipinski definition) is 1. The molecule has 0 saturated carbocycles. The van der Waals surface area contributed by atoms with Gasteiger partial charge in [-0.3, -0.25) is 9.69 Å². The van der Waals surface area contributed by atoms with E-state index in [0.29, 0.717) is 28.3 Å². The topological polar surface area (TPSA) is 32.3 Å². The van der Waals surface area contributed by atoms with Crippen LogP contribution in [-0.2, 0) is 4.79 Å². The highest BCUT2D eigenvalue weighted by atomic mass is 35.5. The summed E-state index contributed by atoms with van der Waals surface area (Å²) in [4.78, 5) is 15.8. The first-order chi connectivity index (χ1) is 10.6. The fourth-order valence-electron chi connectivity index (χ4n) is 2.79. The van der Waals surface area contributed by atoms with Crippen molar-refractivity contribution < 1.29 is 4.79 Å². The Morgan fingerprint density at radius 2 is 2.23 bits per heavy atom. The standard InChI is InChI=1S/C16H16Cl2N2OS/c17-11-5-6-12(18)13(9-11)19-16(21)10-20-7-1-3-14(20)15-4-2-8-22-15/h2,4-6,8-9,14H,1,3,7,10H2,(H,19,21)/t14-/m1/s1. The molecule has 1 aliphatic rings. The fourth-order valence-corrected chi connectivity index (χ4v) is 4.02. The molecule has 1 aliphatic heterocycles. The molecule has 116 valence electrons. The average Bonchev–Trinajstić information content (AvgIpc) is 3.13. The molecule has 1 fully saturated rings. The van der Waals surface area contributed by atoms with Crippen LogP contribution in [0.5, 0.6) is 0 Å². The van der Waals surface area contributed by atoms with Crippen LogP contribution in [0.4, 0.5) is 5.69 Å². The number of halogens is 2. The molecular formula is C16H16Cl2N2OS. The third-order valence-corrected chi connectivity index (χ3v) is 5.32. The minimum atomic E-state index is -0.0624. The number of rotatable bonds is 4. The van der Waals surface area contributed by atoms with Crippen molar-refractivity contribution in [2.45, 2.75) is 18.9 Å². The van der Waals surface area contributed by atoms with Crippen molar-refractivity contribution in [3.8, 4) is 0 Å². The molecule has 0 spiro atoms. The Kier molecular flexibility index (Phi) is 5.03. The summed E-state index contributed by atoms with van der Waals surface area (Å²) in [6.07, 6.45) is 2.22. The monoisotopic (exact) mass is 354 g/mol. The van der Waals surface area contributed by atoms with Crippen molar-refractivity contribution in [2.24, 2.45) is 0 Å². The number of carbonyl (C=O) groups excluding carboxylic acids is 1. The molecule has 22 heavy (non-hydrogen) atoms. The number of hydrogen-bond acceptors (Lipinski definition) is 3. The summed E-state index contributed by atoms with van der Waals surface area (Å²) in [5, 5.41) is 5.98. The molecule has 0 bridgehead atoms. The maximum absolute atomic E-state index is 12.3. The Labute approximate surface area is 143 Å². The fraction of sp³-hybridized carbons (Fsp3) is 0.312. The van der Waals surface area contributed by atoms with Gasteiger partial charge in [-0.05, 0) is 49.0 Å². The molecule has 1 atom stereocenters. The van der Waals surface area contributed by atoms with E-state index in [-0.39, 0.29) is 5.91 Å². The van der Waals surface area contributed by atoms with E-state index in [1.165, 1.54) is 4.88 Å². The molecule has 1 aromatic carbocycles. The van der Waals surface area contributed by atoms with E-state index >= 15 is 0 Å². The number of benzene rings is 1. The molecule has 2 aromatic rings. The highest BCUT2D eigenvalue weighted by Gasteiger charge is 2.28. The Morgan fingerprint density at radius 3 is 3.00 bits per heavy atom. The molecule has 0 aliphatic carbocycles. The third-order valence-electron chi connectivity index (χ3n) is 3.78. The quantitative estimate of drug-likeness (QED) is 0.852. The van der Waals surface area contributed by atoms with E-state index in [1.54, 1.807) is 29.5 Å². The Bertz CT molecular complexity index is 660. The molecule has 1 N–H and O–H groups in total. The predicted octanol–water partition coefficient (Wildman–Crippen LogP) is 4.83. The second kappa shape index (κ2) is 7.01. The second-order valence-corrected chi connectivity index (χ2v) is 7.14. The predicted molar refractivity (Wildman–Crippen MR) is 93.0 cm³/mol. The third kappa shape index (κ3) is 3.63. The highest BCUT2D eigenvalue weighted by Crippen LogP contribution is 2.34. The number of nitrogens with one attached hydrogen (secondary N) is 1. The average molecular weight is 355 g/mol. The van der Waals surface area contributed by atoms with E-state index in [9.17, 15) is 4.79 Å². The maximum atomic E-state index is 12.3. The molecule has 1 aromatic heterocycles. The molecular weight excluding hydrogens is 339 g/mol. The highest BCUT2D eigenvalue weighted by molar-refractivity contribution is 7.10. The second-order valence-electron chi connectivity index (χ2n) is 5.32. The van der Waals surface area contributed by atoms with Gasteiger partial charge in [-0.2, -0.15) is 0 Å². The summed E-state index contributed by atoms with van der Waals surface area (Å²) in [7, 11) is 0. The first-order valence-electron chi connectivity index (χ1n) is 7.16. The van der Waals surface area contributed by atoms with Gasteiger partial charge in [-0.25, -0.2) is 0 Å². The summed E-state index contributed by atoms with van der Waals surface area (Å²) in [5.74, 6) is -0.0624. The summed E-state index contributed by atoms with van der Waals surface area (Å²) >= 11 is 13.8. The van der Waals surface area contributed by atoms with Crippen molar-refractivity contribution in [3.05, 3.63) is 50.6 Å². The van der Waals surface area contributed by atoms with Crippen LogP contribution in [0.2, 0.25) is 10.0 Å². The van der Waals surface area contributed by atoms with E-state index in [4.69, 9.17) is 23.2 Å². The van der Waals surface area contributed by atoms with E-state index in [0.717, 1.165) is 19.4 Å². The van der Waals surface area contributed by atoms with Gasteiger partial charge >= 0.3 is 0 Å². The van der Waals surface area contributed by atoms with Crippen molar-refractivity contribution >= 4 is 46.1 Å². The zero-order valence-electron chi connectivity index (χ0n) is 11.9. The SMILES string of the molecule is O=C(CN1CCC[C@@H]1c1cccs1)Nc1cc(Cl)ccc1Cl. The summed E-state index contributed by atoms with van der Waals surface area (Å²) < 4.78 is 0. The van der Waals surface area contributed by atoms with Crippen LogP contribution in [0.25, 0.3) is 0 Å². The number of nitrogens with zero attached hydrogens (tertiary/aromatic N) is 1. The lowest BCUT2D eigenvalue weighted by atomic mass is 10.2. The molecule has 1 amide bonds. The Morgan fingerprint density at radius 1 is 1.36 bits per heavy atom. The minimum Gasteiger partial charge on any atom is -0.324 e. The lowest BCUT2D eigenvalue weighted by Crippen LogP contribution is -2.32. The van der Waals surface area contributed by atoms with E-state index in [2.05, 4.69) is 27.7 Å². The molecule has 6 heteroatoms. The number of anilines is 1. The van der Waals surface area contributed by atoms with Gasteiger partial charge in [0.2, 0.25) is 5.91 Å². The smallest absolute Gasteiger partial charge is 0.238 e. The lowest BCUT2D eigenvalue weighted by molar-refractivity contribution is -0.117. The van der Waals surface area contributed by atoms with Gasteiger partial charge in [-0.15, -0.1) is 11.3 Å². The summed E-state index contributed by atoms with van der Waals surface area (Å²) in [5.41, 5.74) is 0.561. The lowest BCUT2D eigenvalue weighted by Gasteiger charge is -2.23. The molecule has 1 saturated heterocycles. The van der Waals surface area contributed by atoms with Crippen LogP contribution in [0, 0.1) is 0 Å². The van der Waals surface area contributed by atoms with Crippen LogP contribution in [0.3, 0.4) is 0 Å². The van der Waals surface area contributed by atoms with Crippen molar-refractivity contribution in [1.82, 2.24) is 4.90 Å². The van der Waals surface area contributed by atoms with Gasteiger partial charge < -0.3 is 5.32 Å². The van der Waals surface area contributed by atoms with Gasteiger partial charge in [0.15, 0.2) is 0 Å². The number of thiophene rings is 1. The number of amides is 1. The van der Waals surface area contributed by atoms with Gasteiger partial charge in [-0.1, -0.05) is 29.3 Å². The first-order valence-corrected chi connectivity index (χ1v) is 8.79. The van der Waals surface area contributed by atoms with Gasteiger partial charge in [0.05, 0.1) is 17.3 Å². The first kappa shape index (κ1) is 15.8. The van der Waals surface area contributed by atoms with Crippen LogP contribution < -0.4 is 5.32 Å².